The number of phenols is 1. The third kappa shape index (κ3) is 3.26. The van der Waals surface area contributed by atoms with E-state index in [-0.39, 0.29) is 11.0 Å². The van der Waals surface area contributed by atoms with Crippen molar-refractivity contribution in [1.82, 2.24) is 0 Å². The molecule has 1 rings (SSSR count). The molecule has 0 saturated heterocycles. The highest BCUT2D eigenvalue weighted by atomic mass is 35.5. The molecular formula is C10H12ClNO2. The third-order valence-corrected chi connectivity index (χ3v) is 2.12. The van der Waals surface area contributed by atoms with E-state index in [1.807, 2.05) is 11.9 Å². The minimum Gasteiger partial charge on any atom is -0.508 e. The summed E-state index contributed by atoms with van der Waals surface area (Å²) < 4.78 is 0. The molecule has 76 valence electrons. The average molecular weight is 214 g/mol. The first-order valence-corrected chi connectivity index (χ1v) is 4.66. The third-order valence-electron chi connectivity index (χ3n) is 1.93. The maximum absolute atomic E-state index is 10.5. The zero-order chi connectivity index (χ0) is 10.6. The van der Waals surface area contributed by atoms with Gasteiger partial charge >= 0.3 is 0 Å². The number of carbonyl (C=O) groups is 1. The summed E-state index contributed by atoms with van der Waals surface area (Å²) in [5, 5.41) is 8.73. The Labute approximate surface area is 87.9 Å². The summed E-state index contributed by atoms with van der Waals surface area (Å²) in [6, 6.07) is 6.78. The van der Waals surface area contributed by atoms with Gasteiger partial charge in [0.2, 0.25) is 5.24 Å². The Bertz CT molecular complexity index is 310. The summed E-state index contributed by atoms with van der Waals surface area (Å²) in [5.41, 5.74) is 0.945. The molecule has 0 radical (unpaired) electrons. The first-order valence-electron chi connectivity index (χ1n) is 4.28. The lowest BCUT2D eigenvalue weighted by Gasteiger charge is -2.17. The highest BCUT2D eigenvalue weighted by Gasteiger charge is 2.02. The normalized spacial score (nSPS) is 9.86. The van der Waals surface area contributed by atoms with Crippen molar-refractivity contribution >= 4 is 22.5 Å². The van der Waals surface area contributed by atoms with E-state index in [1.165, 1.54) is 0 Å². The highest BCUT2D eigenvalue weighted by molar-refractivity contribution is 6.63. The topological polar surface area (TPSA) is 40.5 Å². The van der Waals surface area contributed by atoms with Crippen LogP contribution >= 0.6 is 11.6 Å². The van der Waals surface area contributed by atoms with Crippen LogP contribution in [0.15, 0.2) is 24.3 Å². The first kappa shape index (κ1) is 10.9. The fraction of sp³-hybridized carbons (Fsp3) is 0.300. The molecule has 0 spiro atoms. The number of rotatable bonds is 4. The molecule has 0 aromatic heterocycles. The van der Waals surface area contributed by atoms with E-state index >= 15 is 0 Å². The molecule has 0 bridgehead atoms. The van der Waals surface area contributed by atoms with Crippen LogP contribution in [0.1, 0.15) is 6.42 Å². The van der Waals surface area contributed by atoms with E-state index in [0.717, 1.165) is 5.69 Å². The predicted molar refractivity (Wildman–Crippen MR) is 56.9 cm³/mol. The van der Waals surface area contributed by atoms with Crippen LogP contribution in [0.25, 0.3) is 0 Å². The summed E-state index contributed by atoms with van der Waals surface area (Å²) in [6.07, 6.45) is 0.318. The van der Waals surface area contributed by atoms with Crippen molar-refractivity contribution in [3.8, 4) is 5.75 Å². The van der Waals surface area contributed by atoms with Gasteiger partial charge in [0.05, 0.1) is 0 Å². The van der Waals surface area contributed by atoms with Crippen LogP contribution < -0.4 is 4.90 Å². The van der Waals surface area contributed by atoms with E-state index in [9.17, 15) is 4.79 Å². The van der Waals surface area contributed by atoms with Gasteiger partial charge in [-0.2, -0.15) is 0 Å². The molecule has 0 unspecified atom stereocenters. The second-order valence-electron chi connectivity index (χ2n) is 3.04. The van der Waals surface area contributed by atoms with Gasteiger partial charge in [0, 0.05) is 25.7 Å². The second kappa shape index (κ2) is 4.86. The van der Waals surface area contributed by atoms with Gasteiger partial charge in [-0.05, 0) is 35.9 Å². The highest BCUT2D eigenvalue weighted by Crippen LogP contribution is 2.17. The van der Waals surface area contributed by atoms with E-state index in [0.29, 0.717) is 13.0 Å². The molecule has 1 aromatic rings. The molecule has 0 aliphatic rings. The molecule has 0 atom stereocenters. The van der Waals surface area contributed by atoms with Gasteiger partial charge in [-0.15, -0.1) is 0 Å². The Hall–Kier alpha value is -1.22. The number of aromatic hydroxyl groups is 1. The lowest BCUT2D eigenvalue weighted by Crippen LogP contribution is -2.19. The Morgan fingerprint density at radius 3 is 2.50 bits per heavy atom. The minimum absolute atomic E-state index is 0.232. The van der Waals surface area contributed by atoms with Gasteiger partial charge < -0.3 is 10.0 Å². The van der Waals surface area contributed by atoms with Crippen molar-refractivity contribution < 1.29 is 9.90 Å². The lowest BCUT2D eigenvalue weighted by molar-refractivity contribution is -0.111. The molecule has 1 aromatic carbocycles. The standard InChI is InChI=1S/C10H12ClNO2/c1-12(7-6-10(11)14)8-2-4-9(13)5-3-8/h2-5,13H,6-7H2,1H3. The Morgan fingerprint density at radius 2 is 2.00 bits per heavy atom. The number of hydrogen-bond donors (Lipinski definition) is 1. The molecular weight excluding hydrogens is 202 g/mol. The first-order chi connectivity index (χ1) is 6.59. The SMILES string of the molecule is CN(CCC(=O)Cl)c1ccc(O)cc1. The molecule has 0 heterocycles. The van der Waals surface area contributed by atoms with E-state index in [4.69, 9.17) is 16.7 Å². The Kier molecular flexibility index (Phi) is 3.77. The molecule has 1 N–H and O–H groups in total. The van der Waals surface area contributed by atoms with Gasteiger partial charge in [-0.1, -0.05) is 0 Å². The summed E-state index contributed by atoms with van der Waals surface area (Å²) in [5.74, 6) is 0.232. The molecule has 14 heavy (non-hydrogen) atoms. The van der Waals surface area contributed by atoms with Crippen molar-refractivity contribution in [3.05, 3.63) is 24.3 Å². The number of anilines is 1. The van der Waals surface area contributed by atoms with Crippen LogP contribution in [0, 0.1) is 0 Å². The monoisotopic (exact) mass is 213 g/mol. The smallest absolute Gasteiger partial charge is 0.223 e. The molecule has 0 fully saturated rings. The van der Waals surface area contributed by atoms with E-state index < -0.39 is 0 Å². The number of halogens is 1. The summed E-state index contributed by atoms with van der Waals surface area (Å²) in [7, 11) is 1.87. The lowest BCUT2D eigenvalue weighted by atomic mass is 10.2. The van der Waals surface area contributed by atoms with Crippen LogP contribution in [-0.2, 0) is 4.79 Å². The van der Waals surface area contributed by atoms with Crippen molar-refractivity contribution in [1.29, 1.82) is 0 Å². The van der Waals surface area contributed by atoms with Crippen LogP contribution in [-0.4, -0.2) is 23.9 Å². The Morgan fingerprint density at radius 1 is 1.43 bits per heavy atom. The molecule has 0 aliphatic carbocycles. The zero-order valence-electron chi connectivity index (χ0n) is 7.90. The summed E-state index contributed by atoms with van der Waals surface area (Å²) in [4.78, 5) is 12.4. The van der Waals surface area contributed by atoms with Crippen LogP contribution in [0.5, 0.6) is 5.75 Å². The van der Waals surface area contributed by atoms with Crippen LogP contribution in [0.3, 0.4) is 0 Å². The molecule has 0 amide bonds. The zero-order valence-corrected chi connectivity index (χ0v) is 8.66. The van der Waals surface area contributed by atoms with Crippen molar-refractivity contribution in [2.75, 3.05) is 18.5 Å². The van der Waals surface area contributed by atoms with Crippen molar-refractivity contribution in [2.24, 2.45) is 0 Å². The van der Waals surface area contributed by atoms with Gasteiger partial charge in [-0.3, -0.25) is 4.79 Å². The fourth-order valence-corrected chi connectivity index (χ4v) is 1.18. The van der Waals surface area contributed by atoms with Crippen LogP contribution in [0.4, 0.5) is 5.69 Å². The van der Waals surface area contributed by atoms with Crippen molar-refractivity contribution in [2.45, 2.75) is 6.42 Å². The minimum atomic E-state index is -0.337. The predicted octanol–water partition coefficient (Wildman–Crippen LogP) is 1.98. The summed E-state index contributed by atoms with van der Waals surface area (Å²) in [6.45, 7) is 0.576. The number of benzene rings is 1. The summed E-state index contributed by atoms with van der Waals surface area (Å²) >= 11 is 5.23. The van der Waals surface area contributed by atoms with Gasteiger partial charge in [0.1, 0.15) is 5.75 Å². The van der Waals surface area contributed by atoms with Gasteiger partial charge in [0.25, 0.3) is 0 Å². The number of hydrogen-bond acceptors (Lipinski definition) is 3. The maximum atomic E-state index is 10.5. The molecule has 0 aliphatic heterocycles. The Balaban J connectivity index is 2.56. The van der Waals surface area contributed by atoms with Gasteiger partial charge in [0.15, 0.2) is 0 Å². The quantitative estimate of drug-likeness (QED) is 0.778. The van der Waals surface area contributed by atoms with Crippen LogP contribution in [0.2, 0.25) is 0 Å². The van der Waals surface area contributed by atoms with Gasteiger partial charge in [-0.25, -0.2) is 0 Å². The largest absolute Gasteiger partial charge is 0.508 e. The molecule has 3 nitrogen and oxygen atoms in total. The maximum Gasteiger partial charge on any atom is 0.223 e. The second-order valence-corrected chi connectivity index (χ2v) is 3.46. The van der Waals surface area contributed by atoms with E-state index in [2.05, 4.69) is 0 Å². The number of carbonyl (C=O) groups excluding carboxylic acids is 1. The van der Waals surface area contributed by atoms with Crippen molar-refractivity contribution in [3.63, 3.8) is 0 Å². The molecule has 4 heteroatoms. The number of nitrogens with zero attached hydrogens (tertiary/aromatic N) is 1. The van der Waals surface area contributed by atoms with E-state index in [1.54, 1.807) is 24.3 Å². The average Bonchev–Trinajstić information content (AvgIpc) is 2.15. The number of phenolic OH excluding ortho intramolecular Hbond substituents is 1. The fourth-order valence-electron chi connectivity index (χ4n) is 1.09. The molecule has 0 saturated carbocycles.